The molecule has 9 heteroatoms. The molecule has 3 aromatic carbocycles. The van der Waals surface area contributed by atoms with E-state index in [-0.39, 0.29) is 48.5 Å². The van der Waals surface area contributed by atoms with Gasteiger partial charge in [-0.3, -0.25) is 13.9 Å². The van der Waals surface area contributed by atoms with E-state index in [4.69, 9.17) is 0 Å². The molecule has 0 saturated carbocycles. The summed E-state index contributed by atoms with van der Waals surface area (Å²) < 4.78 is 41.2. The molecule has 0 unspecified atom stereocenters. The first-order valence-corrected chi connectivity index (χ1v) is 13.6. The van der Waals surface area contributed by atoms with E-state index in [0.29, 0.717) is 29.6 Å². The van der Waals surface area contributed by atoms with Gasteiger partial charge < -0.3 is 10.2 Å². The highest BCUT2D eigenvalue weighted by Crippen LogP contribution is 2.42. The first-order chi connectivity index (χ1) is 17.3. The third-order valence-corrected chi connectivity index (χ3v) is 8.29. The monoisotopic (exact) mass is 511 g/mol. The summed E-state index contributed by atoms with van der Waals surface area (Å²) in [5, 5.41) is 4.33. The number of anilines is 1. The van der Waals surface area contributed by atoms with Crippen molar-refractivity contribution in [2.24, 2.45) is 0 Å². The average molecular weight is 512 g/mol. The fourth-order valence-electron chi connectivity index (χ4n) is 4.71. The van der Waals surface area contributed by atoms with Crippen molar-refractivity contribution in [2.45, 2.75) is 50.6 Å². The molecular weight excluding hydrogens is 481 g/mol. The first kappa shape index (κ1) is 25.6. The number of nitrogens with zero attached hydrogens (tertiary/aromatic N) is 2. The molecule has 0 aliphatic carbocycles. The minimum Gasteiger partial charge on any atom is -0.355 e. The molecule has 1 heterocycles. The largest absolute Gasteiger partial charge is 0.355 e. The van der Waals surface area contributed by atoms with Crippen molar-refractivity contribution in [3.63, 3.8) is 0 Å². The van der Waals surface area contributed by atoms with Crippen molar-refractivity contribution in [1.82, 2.24) is 10.2 Å². The van der Waals surface area contributed by atoms with Crippen LogP contribution in [0.4, 0.5) is 10.1 Å². The molecule has 36 heavy (non-hydrogen) atoms. The summed E-state index contributed by atoms with van der Waals surface area (Å²) >= 11 is 0. The Morgan fingerprint density at radius 3 is 2.39 bits per heavy atom. The maximum absolute atomic E-state index is 13.4. The van der Waals surface area contributed by atoms with Crippen LogP contribution < -0.4 is 9.62 Å². The standard InChI is InChI=1S/C27H30FN3O4S/c1-3-22(27(33)29-4-2)30(18-19-13-15-21(28)16-14-19)25(32)12-7-17-31-23-10-5-8-20-9-6-11-24(26(20)23)36(31,34)35/h5-6,8-11,13-16,22H,3-4,7,12,17-18H2,1-2H3,(H,29,33)/t22-/m1/s1. The lowest BCUT2D eigenvalue weighted by molar-refractivity contribution is -0.141. The second-order valence-electron chi connectivity index (χ2n) is 8.78. The fourth-order valence-corrected chi connectivity index (χ4v) is 6.46. The Morgan fingerprint density at radius 1 is 1.03 bits per heavy atom. The van der Waals surface area contributed by atoms with Crippen LogP contribution in [0.1, 0.15) is 38.7 Å². The van der Waals surface area contributed by atoms with Crippen LogP contribution in [0, 0.1) is 5.82 Å². The van der Waals surface area contributed by atoms with Gasteiger partial charge in [0.15, 0.2) is 0 Å². The zero-order valence-corrected chi connectivity index (χ0v) is 21.2. The number of hydrogen-bond donors (Lipinski definition) is 1. The topological polar surface area (TPSA) is 86.8 Å². The Morgan fingerprint density at radius 2 is 1.72 bits per heavy atom. The molecule has 0 spiro atoms. The number of sulfonamides is 1. The molecule has 2 amide bonds. The van der Waals surface area contributed by atoms with Gasteiger partial charge in [-0.2, -0.15) is 0 Å². The molecule has 190 valence electrons. The molecule has 1 aliphatic rings. The number of carbonyl (C=O) groups excluding carboxylic acids is 2. The van der Waals surface area contributed by atoms with Gasteiger partial charge in [-0.1, -0.05) is 43.3 Å². The van der Waals surface area contributed by atoms with Gasteiger partial charge in [0.2, 0.25) is 11.8 Å². The number of amides is 2. The lowest BCUT2D eigenvalue weighted by Gasteiger charge is -2.31. The van der Waals surface area contributed by atoms with E-state index in [2.05, 4.69) is 5.32 Å². The van der Waals surface area contributed by atoms with Gasteiger partial charge in [0.25, 0.3) is 10.0 Å². The van der Waals surface area contributed by atoms with Crippen molar-refractivity contribution in [3.8, 4) is 0 Å². The minimum atomic E-state index is -3.70. The Kier molecular flexibility index (Phi) is 7.59. The van der Waals surface area contributed by atoms with Crippen LogP contribution in [0.5, 0.6) is 0 Å². The Balaban J connectivity index is 1.51. The maximum atomic E-state index is 13.4. The number of rotatable bonds is 10. The Bertz CT molecular complexity index is 1370. The van der Waals surface area contributed by atoms with Gasteiger partial charge in [-0.15, -0.1) is 0 Å². The van der Waals surface area contributed by atoms with Crippen molar-refractivity contribution in [2.75, 3.05) is 17.4 Å². The molecule has 0 fully saturated rings. The molecule has 7 nitrogen and oxygen atoms in total. The van der Waals surface area contributed by atoms with Crippen molar-refractivity contribution in [3.05, 3.63) is 72.0 Å². The summed E-state index contributed by atoms with van der Waals surface area (Å²) in [7, 11) is -3.70. The van der Waals surface area contributed by atoms with Crippen molar-refractivity contribution >= 4 is 38.3 Å². The summed E-state index contributed by atoms with van der Waals surface area (Å²) in [5.41, 5.74) is 1.32. The normalized spacial score (nSPS) is 14.6. The van der Waals surface area contributed by atoms with Crippen LogP contribution in [0.2, 0.25) is 0 Å². The smallest absolute Gasteiger partial charge is 0.265 e. The predicted octanol–water partition coefficient (Wildman–Crippen LogP) is 4.21. The fraction of sp³-hybridized carbons (Fsp3) is 0.333. The maximum Gasteiger partial charge on any atom is 0.265 e. The molecule has 4 rings (SSSR count). The summed E-state index contributed by atoms with van der Waals surface area (Å²) in [5.74, 6) is -0.889. The average Bonchev–Trinajstić information content (AvgIpc) is 3.08. The van der Waals surface area contributed by atoms with Crippen LogP contribution >= 0.6 is 0 Å². The van der Waals surface area contributed by atoms with Gasteiger partial charge in [-0.25, -0.2) is 12.8 Å². The van der Waals surface area contributed by atoms with Gasteiger partial charge in [0.1, 0.15) is 11.9 Å². The third kappa shape index (κ3) is 4.93. The molecule has 0 radical (unpaired) electrons. The van der Waals surface area contributed by atoms with E-state index in [1.54, 1.807) is 30.3 Å². The van der Waals surface area contributed by atoms with E-state index in [1.165, 1.54) is 21.3 Å². The summed E-state index contributed by atoms with van der Waals surface area (Å²) in [6, 6.07) is 15.8. The predicted molar refractivity (Wildman–Crippen MR) is 137 cm³/mol. The van der Waals surface area contributed by atoms with Crippen LogP contribution in [0.3, 0.4) is 0 Å². The zero-order valence-electron chi connectivity index (χ0n) is 20.4. The Hall–Kier alpha value is -3.46. The van der Waals surface area contributed by atoms with E-state index >= 15 is 0 Å². The molecule has 3 aromatic rings. The second-order valence-corrected chi connectivity index (χ2v) is 10.6. The number of nitrogens with one attached hydrogen (secondary N) is 1. The molecular formula is C27H30FN3O4S. The van der Waals surface area contributed by atoms with Gasteiger partial charge in [0, 0.05) is 31.4 Å². The van der Waals surface area contributed by atoms with Crippen molar-refractivity contribution in [1.29, 1.82) is 0 Å². The lowest BCUT2D eigenvalue weighted by atomic mass is 10.1. The van der Waals surface area contributed by atoms with Gasteiger partial charge in [-0.05, 0) is 55.0 Å². The SMILES string of the molecule is CCNC(=O)[C@@H](CC)N(Cc1ccc(F)cc1)C(=O)CCCN1c2cccc3cccc(c23)S1(=O)=O. The highest BCUT2D eigenvalue weighted by Gasteiger charge is 2.35. The third-order valence-electron chi connectivity index (χ3n) is 6.44. The molecule has 0 bridgehead atoms. The number of benzene rings is 3. The van der Waals surface area contributed by atoms with Crippen LogP contribution in [0.15, 0.2) is 65.6 Å². The Labute approximate surface area is 210 Å². The highest BCUT2D eigenvalue weighted by molar-refractivity contribution is 7.93. The van der Waals surface area contributed by atoms with Crippen LogP contribution in [0.25, 0.3) is 10.8 Å². The summed E-state index contributed by atoms with van der Waals surface area (Å²) in [6.07, 6.45) is 0.764. The van der Waals surface area contributed by atoms with Crippen molar-refractivity contribution < 1.29 is 22.4 Å². The second kappa shape index (κ2) is 10.7. The van der Waals surface area contributed by atoms with E-state index < -0.39 is 16.1 Å². The quantitative estimate of drug-likeness (QED) is 0.442. The molecule has 1 N–H and O–H groups in total. The first-order valence-electron chi connectivity index (χ1n) is 12.1. The van der Waals surface area contributed by atoms with Crippen LogP contribution in [-0.4, -0.2) is 44.3 Å². The molecule has 1 atom stereocenters. The summed E-state index contributed by atoms with van der Waals surface area (Å²) in [4.78, 5) is 27.9. The van der Waals surface area contributed by atoms with Crippen LogP contribution in [-0.2, 0) is 26.2 Å². The number of halogens is 1. The summed E-state index contributed by atoms with van der Waals surface area (Å²) in [6.45, 7) is 4.38. The number of carbonyl (C=O) groups is 2. The zero-order chi connectivity index (χ0) is 25.9. The number of likely N-dealkylation sites (N-methyl/N-ethyl adjacent to an activating group) is 1. The minimum absolute atomic E-state index is 0.0649. The molecule has 1 aliphatic heterocycles. The number of hydrogen-bond acceptors (Lipinski definition) is 4. The lowest BCUT2D eigenvalue weighted by Crippen LogP contribution is -2.49. The molecule has 0 aromatic heterocycles. The van der Waals surface area contributed by atoms with Gasteiger partial charge >= 0.3 is 0 Å². The van der Waals surface area contributed by atoms with Gasteiger partial charge in [0.05, 0.1) is 10.6 Å². The molecule has 0 saturated heterocycles. The van der Waals surface area contributed by atoms with E-state index in [1.807, 2.05) is 32.0 Å². The van der Waals surface area contributed by atoms with E-state index in [0.717, 1.165) is 5.39 Å². The van der Waals surface area contributed by atoms with E-state index in [9.17, 15) is 22.4 Å². The highest BCUT2D eigenvalue weighted by atomic mass is 32.2.